The number of halogens is 2. The molecule has 2 fully saturated rings. The van der Waals surface area contributed by atoms with E-state index >= 15 is 0 Å². The normalized spacial score (nSPS) is 32.3. The van der Waals surface area contributed by atoms with Crippen molar-refractivity contribution in [1.82, 2.24) is 10.6 Å². The fourth-order valence-electron chi connectivity index (χ4n) is 4.61. The Labute approximate surface area is 164 Å². The topological polar surface area (TPSA) is 70.2 Å². The lowest BCUT2D eigenvalue weighted by atomic mass is 9.72. The van der Waals surface area contributed by atoms with Gasteiger partial charge in [0.1, 0.15) is 5.54 Å². The van der Waals surface area contributed by atoms with Crippen molar-refractivity contribution in [3.05, 3.63) is 50.1 Å². The quantitative estimate of drug-likeness (QED) is 0.680. The van der Waals surface area contributed by atoms with E-state index in [1.807, 2.05) is 24.3 Å². The molecule has 1 aromatic heterocycles. The van der Waals surface area contributed by atoms with Crippen molar-refractivity contribution in [3.8, 4) is 0 Å². The number of anilines is 1. The van der Waals surface area contributed by atoms with E-state index in [0.717, 1.165) is 16.1 Å². The van der Waals surface area contributed by atoms with Crippen LogP contribution < -0.4 is 16.0 Å². The Hall–Kier alpha value is -1.60. The van der Waals surface area contributed by atoms with Crippen molar-refractivity contribution < 1.29 is 9.59 Å². The van der Waals surface area contributed by atoms with Crippen LogP contribution in [0.4, 0.5) is 5.69 Å². The van der Waals surface area contributed by atoms with Crippen molar-refractivity contribution in [1.29, 1.82) is 0 Å². The van der Waals surface area contributed by atoms with Crippen molar-refractivity contribution in [3.63, 3.8) is 0 Å². The van der Waals surface area contributed by atoms with Gasteiger partial charge in [-0.2, -0.15) is 0 Å². The number of benzene rings is 1. The van der Waals surface area contributed by atoms with Crippen LogP contribution >= 0.6 is 34.5 Å². The molecule has 26 heavy (non-hydrogen) atoms. The van der Waals surface area contributed by atoms with Crippen LogP contribution in [-0.2, 0) is 16.0 Å². The monoisotopic (exact) mass is 407 g/mol. The molecule has 3 aliphatic heterocycles. The maximum Gasteiger partial charge on any atom is 0.245 e. The number of carbonyl (C=O) groups is 2. The van der Waals surface area contributed by atoms with Crippen molar-refractivity contribution >= 4 is 52.0 Å². The van der Waals surface area contributed by atoms with Gasteiger partial charge < -0.3 is 10.6 Å². The third kappa shape index (κ3) is 2.26. The second-order valence-corrected chi connectivity index (χ2v) is 9.23. The van der Waals surface area contributed by atoms with E-state index in [1.54, 1.807) is 6.07 Å². The first-order valence-electron chi connectivity index (χ1n) is 8.38. The van der Waals surface area contributed by atoms with Gasteiger partial charge in [0.05, 0.1) is 10.3 Å². The average Bonchev–Trinajstić information content (AvgIpc) is 3.25. The average molecular weight is 408 g/mol. The first-order chi connectivity index (χ1) is 12.5. The van der Waals surface area contributed by atoms with Gasteiger partial charge in [-0.3, -0.25) is 14.9 Å². The maximum atomic E-state index is 13.2. The zero-order chi connectivity index (χ0) is 18.1. The number of fused-ring (bicyclic) bond motifs is 2. The predicted molar refractivity (Wildman–Crippen MR) is 102 cm³/mol. The van der Waals surface area contributed by atoms with Gasteiger partial charge in [0.15, 0.2) is 0 Å². The van der Waals surface area contributed by atoms with Crippen LogP contribution in [0.3, 0.4) is 0 Å². The molecule has 0 bridgehead atoms. The molecule has 4 atom stereocenters. The Morgan fingerprint density at radius 3 is 2.77 bits per heavy atom. The van der Waals surface area contributed by atoms with Crippen molar-refractivity contribution in [2.45, 2.75) is 23.9 Å². The number of hydrogen-bond donors (Lipinski definition) is 3. The van der Waals surface area contributed by atoms with Gasteiger partial charge in [0.25, 0.3) is 0 Å². The van der Waals surface area contributed by atoms with Gasteiger partial charge >= 0.3 is 0 Å². The minimum atomic E-state index is -0.873. The van der Waals surface area contributed by atoms with Crippen LogP contribution in [0.1, 0.15) is 16.4 Å². The highest BCUT2D eigenvalue weighted by atomic mass is 35.5. The summed E-state index contributed by atoms with van der Waals surface area (Å²) in [7, 11) is 0. The highest BCUT2D eigenvalue weighted by molar-refractivity contribution is 7.16. The van der Waals surface area contributed by atoms with Crippen LogP contribution in [0.5, 0.6) is 0 Å². The van der Waals surface area contributed by atoms with E-state index in [1.165, 1.54) is 11.3 Å². The molecule has 3 aliphatic rings. The van der Waals surface area contributed by atoms with E-state index in [9.17, 15) is 9.59 Å². The standard InChI is InChI=1S/C18H15Cl2N3O2S/c19-9-2-1-8-6-18(17(25)22-10(8)5-9)15(12-3-4-13(20)26-12)14-11(23-18)7-21-16(14)24/h1-5,11,14-15,23H,6-7H2,(H,21,24)(H,22,25)/t11-,14+,15-,18+/m0/s1. The largest absolute Gasteiger partial charge is 0.354 e. The molecule has 0 radical (unpaired) electrons. The van der Waals surface area contributed by atoms with Crippen molar-refractivity contribution in [2.75, 3.05) is 11.9 Å². The summed E-state index contributed by atoms with van der Waals surface area (Å²) in [5, 5.41) is 9.99. The predicted octanol–water partition coefficient (Wildman–Crippen LogP) is 2.79. The fraction of sp³-hybridized carbons (Fsp3) is 0.333. The molecule has 1 spiro atoms. The van der Waals surface area contributed by atoms with Gasteiger partial charge in [0.2, 0.25) is 11.8 Å². The van der Waals surface area contributed by atoms with Crippen LogP contribution in [0.25, 0.3) is 0 Å². The Bertz CT molecular complexity index is 946. The Kier molecular flexibility index (Phi) is 3.63. The van der Waals surface area contributed by atoms with Gasteiger partial charge in [-0.1, -0.05) is 29.3 Å². The van der Waals surface area contributed by atoms with Gasteiger partial charge in [-0.25, -0.2) is 0 Å². The molecule has 4 heterocycles. The summed E-state index contributed by atoms with van der Waals surface area (Å²) in [5.74, 6) is -0.687. The fourth-order valence-corrected chi connectivity index (χ4v) is 6.08. The third-order valence-electron chi connectivity index (χ3n) is 5.66. The zero-order valence-electron chi connectivity index (χ0n) is 13.5. The number of amides is 2. The second-order valence-electron chi connectivity index (χ2n) is 7.05. The van der Waals surface area contributed by atoms with Crippen LogP contribution in [0.2, 0.25) is 9.36 Å². The van der Waals surface area contributed by atoms with Crippen LogP contribution in [-0.4, -0.2) is 29.9 Å². The SMILES string of the molecule is O=C1NC[C@@H]2N[C@]3(Cc4ccc(Cl)cc4NC3=O)[C@@H](c3ccc(Cl)s3)[C@H]12. The minimum Gasteiger partial charge on any atom is -0.354 e. The minimum absolute atomic E-state index is 0.0106. The summed E-state index contributed by atoms with van der Waals surface area (Å²) in [6.07, 6.45) is 0.506. The molecule has 5 nitrogen and oxygen atoms in total. The van der Waals surface area contributed by atoms with Gasteiger partial charge in [-0.15, -0.1) is 11.3 Å². The summed E-state index contributed by atoms with van der Waals surface area (Å²) in [5.41, 5.74) is 0.871. The van der Waals surface area contributed by atoms with E-state index in [-0.39, 0.29) is 29.7 Å². The molecule has 2 saturated heterocycles. The molecule has 3 N–H and O–H groups in total. The van der Waals surface area contributed by atoms with E-state index in [4.69, 9.17) is 23.2 Å². The molecule has 0 saturated carbocycles. The molecule has 8 heteroatoms. The summed E-state index contributed by atoms with van der Waals surface area (Å²) in [6.45, 7) is 0.529. The zero-order valence-corrected chi connectivity index (χ0v) is 15.8. The highest BCUT2D eigenvalue weighted by Crippen LogP contribution is 2.51. The second kappa shape index (κ2) is 5.70. The van der Waals surface area contributed by atoms with Gasteiger partial charge in [0, 0.05) is 40.5 Å². The Morgan fingerprint density at radius 2 is 2.00 bits per heavy atom. The highest BCUT2D eigenvalue weighted by Gasteiger charge is 2.63. The number of hydrogen-bond acceptors (Lipinski definition) is 4. The lowest BCUT2D eigenvalue weighted by molar-refractivity contribution is -0.125. The maximum absolute atomic E-state index is 13.2. The van der Waals surface area contributed by atoms with Crippen LogP contribution in [0, 0.1) is 5.92 Å². The summed E-state index contributed by atoms with van der Waals surface area (Å²) in [4.78, 5) is 26.7. The molecule has 1 aromatic carbocycles. The van der Waals surface area contributed by atoms with E-state index in [2.05, 4.69) is 16.0 Å². The Morgan fingerprint density at radius 1 is 1.15 bits per heavy atom. The molecule has 2 aromatic rings. The number of rotatable bonds is 1. The summed E-state index contributed by atoms with van der Waals surface area (Å²) in [6, 6.07) is 9.20. The summed E-state index contributed by atoms with van der Waals surface area (Å²) < 4.78 is 0.653. The van der Waals surface area contributed by atoms with E-state index in [0.29, 0.717) is 22.3 Å². The van der Waals surface area contributed by atoms with Crippen molar-refractivity contribution in [2.24, 2.45) is 5.92 Å². The molecule has 5 rings (SSSR count). The number of thiophene rings is 1. The van der Waals surface area contributed by atoms with Gasteiger partial charge in [-0.05, 0) is 29.8 Å². The first kappa shape index (κ1) is 16.6. The Balaban J connectivity index is 1.65. The first-order valence-corrected chi connectivity index (χ1v) is 9.96. The molecular weight excluding hydrogens is 393 g/mol. The number of carbonyl (C=O) groups excluding carboxylic acids is 2. The van der Waals surface area contributed by atoms with E-state index < -0.39 is 5.54 Å². The lowest BCUT2D eigenvalue weighted by Gasteiger charge is -2.39. The molecule has 0 aliphatic carbocycles. The number of nitrogens with one attached hydrogen (secondary N) is 3. The molecule has 0 unspecified atom stereocenters. The molecule has 134 valence electrons. The lowest BCUT2D eigenvalue weighted by Crippen LogP contribution is -2.60. The molecular formula is C18H15Cl2N3O2S. The third-order valence-corrected chi connectivity index (χ3v) is 7.21. The summed E-state index contributed by atoms with van der Waals surface area (Å²) >= 11 is 13.7. The van der Waals surface area contributed by atoms with Crippen LogP contribution in [0.15, 0.2) is 30.3 Å². The molecule has 2 amide bonds. The smallest absolute Gasteiger partial charge is 0.245 e.